The number of benzene rings is 1. The zero-order valence-electron chi connectivity index (χ0n) is 9.08. The van der Waals surface area contributed by atoms with Gasteiger partial charge in [-0.05, 0) is 31.7 Å². The molecular formula is C13H17ClO. The minimum Gasteiger partial charge on any atom is -0.376 e. The van der Waals surface area contributed by atoms with E-state index in [0.717, 1.165) is 13.0 Å². The molecule has 0 aliphatic carbocycles. The molecule has 0 radical (unpaired) electrons. The van der Waals surface area contributed by atoms with Crippen molar-refractivity contribution in [3.05, 3.63) is 35.4 Å². The van der Waals surface area contributed by atoms with E-state index in [0.29, 0.717) is 0 Å². The van der Waals surface area contributed by atoms with Gasteiger partial charge in [-0.2, -0.15) is 0 Å². The first-order valence-corrected chi connectivity index (χ1v) is 6.03. The van der Waals surface area contributed by atoms with Crippen molar-refractivity contribution in [3.8, 4) is 0 Å². The normalized spacial score (nSPS) is 23.7. The van der Waals surface area contributed by atoms with Crippen molar-refractivity contribution in [2.75, 3.05) is 6.61 Å². The summed E-state index contributed by atoms with van der Waals surface area (Å²) < 4.78 is 5.69. The molecule has 0 amide bonds. The Morgan fingerprint density at radius 2 is 2.00 bits per heavy atom. The maximum atomic E-state index is 6.41. The van der Waals surface area contributed by atoms with Crippen LogP contribution in [-0.4, -0.2) is 12.7 Å². The average Bonchev–Trinajstić information content (AvgIpc) is 2.30. The number of alkyl halides is 1. The zero-order chi connectivity index (χ0) is 10.7. The van der Waals surface area contributed by atoms with Crippen molar-refractivity contribution < 1.29 is 4.74 Å². The fourth-order valence-electron chi connectivity index (χ4n) is 1.96. The van der Waals surface area contributed by atoms with Crippen LogP contribution in [0.25, 0.3) is 0 Å². The molecule has 1 nitrogen and oxygen atoms in total. The molecule has 1 aliphatic heterocycles. The molecule has 2 rings (SSSR count). The van der Waals surface area contributed by atoms with Gasteiger partial charge in [0.15, 0.2) is 0 Å². The maximum absolute atomic E-state index is 6.41. The maximum Gasteiger partial charge on any atom is 0.0847 e. The second-order valence-corrected chi connectivity index (χ2v) is 4.69. The van der Waals surface area contributed by atoms with Crippen LogP contribution < -0.4 is 0 Å². The first-order chi connectivity index (χ1) is 7.27. The summed E-state index contributed by atoms with van der Waals surface area (Å²) in [5.41, 5.74) is 2.45. The highest BCUT2D eigenvalue weighted by molar-refractivity contribution is 6.21. The molecule has 0 spiro atoms. The lowest BCUT2D eigenvalue weighted by Crippen LogP contribution is -2.23. The largest absolute Gasteiger partial charge is 0.376 e. The van der Waals surface area contributed by atoms with Gasteiger partial charge in [0.2, 0.25) is 0 Å². The number of aryl methyl sites for hydroxylation is 1. The van der Waals surface area contributed by atoms with E-state index in [2.05, 4.69) is 31.2 Å². The molecule has 0 saturated carbocycles. The van der Waals surface area contributed by atoms with Gasteiger partial charge in [-0.25, -0.2) is 0 Å². The van der Waals surface area contributed by atoms with Crippen molar-refractivity contribution in [2.45, 2.75) is 37.7 Å². The summed E-state index contributed by atoms with van der Waals surface area (Å²) in [5.74, 6) is 0. The van der Waals surface area contributed by atoms with Crippen molar-refractivity contribution >= 4 is 11.6 Å². The summed E-state index contributed by atoms with van der Waals surface area (Å²) in [4.78, 5) is 0. The highest BCUT2D eigenvalue weighted by Gasteiger charge is 2.23. The Bertz CT molecular complexity index is 301. The lowest BCUT2D eigenvalue weighted by Gasteiger charge is -2.26. The van der Waals surface area contributed by atoms with E-state index >= 15 is 0 Å². The lowest BCUT2D eigenvalue weighted by molar-refractivity contribution is 0.0136. The smallest absolute Gasteiger partial charge is 0.0847 e. The third kappa shape index (κ3) is 2.73. The van der Waals surface area contributed by atoms with Crippen LogP contribution in [0.15, 0.2) is 24.3 Å². The summed E-state index contributed by atoms with van der Waals surface area (Å²) in [7, 11) is 0. The van der Waals surface area contributed by atoms with Crippen molar-refractivity contribution in [2.24, 2.45) is 0 Å². The number of rotatable bonds is 2. The Morgan fingerprint density at radius 1 is 1.27 bits per heavy atom. The van der Waals surface area contributed by atoms with Gasteiger partial charge >= 0.3 is 0 Å². The molecule has 2 unspecified atom stereocenters. The van der Waals surface area contributed by atoms with Crippen LogP contribution in [0, 0.1) is 6.92 Å². The van der Waals surface area contributed by atoms with Crippen LogP contribution in [0.4, 0.5) is 0 Å². The topological polar surface area (TPSA) is 9.23 Å². The molecule has 2 atom stereocenters. The van der Waals surface area contributed by atoms with Gasteiger partial charge in [-0.15, -0.1) is 11.6 Å². The Morgan fingerprint density at radius 3 is 2.60 bits per heavy atom. The molecule has 82 valence electrons. The van der Waals surface area contributed by atoms with E-state index in [1.165, 1.54) is 24.0 Å². The molecule has 0 aromatic heterocycles. The number of halogens is 1. The Kier molecular flexibility index (Phi) is 3.66. The van der Waals surface area contributed by atoms with E-state index < -0.39 is 0 Å². The first kappa shape index (κ1) is 11.0. The fraction of sp³-hybridized carbons (Fsp3) is 0.538. The van der Waals surface area contributed by atoms with Gasteiger partial charge in [0, 0.05) is 6.61 Å². The van der Waals surface area contributed by atoms with Gasteiger partial charge < -0.3 is 4.74 Å². The molecule has 1 saturated heterocycles. The predicted octanol–water partition coefficient (Wildman–Crippen LogP) is 3.84. The number of ether oxygens (including phenoxy) is 1. The van der Waals surface area contributed by atoms with Gasteiger partial charge in [0.05, 0.1) is 11.5 Å². The Labute approximate surface area is 96.4 Å². The summed E-state index contributed by atoms with van der Waals surface area (Å²) >= 11 is 6.41. The van der Waals surface area contributed by atoms with Crippen LogP contribution in [0.2, 0.25) is 0 Å². The fourth-order valence-corrected chi connectivity index (χ4v) is 2.31. The molecule has 1 heterocycles. The highest BCUT2D eigenvalue weighted by Crippen LogP contribution is 2.31. The second-order valence-electron chi connectivity index (χ2n) is 4.22. The van der Waals surface area contributed by atoms with Crippen LogP contribution in [0.3, 0.4) is 0 Å². The molecule has 1 aliphatic rings. The predicted molar refractivity (Wildman–Crippen MR) is 63.4 cm³/mol. The van der Waals surface area contributed by atoms with Gasteiger partial charge in [-0.3, -0.25) is 0 Å². The minimum absolute atomic E-state index is 0.00546. The van der Waals surface area contributed by atoms with Crippen LogP contribution in [0.1, 0.15) is 35.8 Å². The number of hydrogen-bond donors (Lipinski definition) is 0. The quantitative estimate of drug-likeness (QED) is 0.694. The standard InChI is InChI=1S/C13H17ClO/c1-10-5-7-11(8-6-10)13(14)12-4-2-3-9-15-12/h5-8,12-13H,2-4,9H2,1H3. The second kappa shape index (κ2) is 5.00. The van der Waals surface area contributed by atoms with Crippen LogP contribution >= 0.6 is 11.6 Å². The molecule has 1 aromatic carbocycles. The number of hydrogen-bond acceptors (Lipinski definition) is 1. The SMILES string of the molecule is Cc1ccc(C(Cl)C2CCCCO2)cc1. The molecule has 15 heavy (non-hydrogen) atoms. The minimum atomic E-state index is 0.00546. The van der Waals surface area contributed by atoms with Gasteiger partial charge in [-0.1, -0.05) is 29.8 Å². The monoisotopic (exact) mass is 224 g/mol. The summed E-state index contributed by atoms with van der Waals surface area (Å²) in [6.45, 7) is 2.95. The summed E-state index contributed by atoms with van der Waals surface area (Å²) in [6.07, 6.45) is 3.69. The van der Waals surface area contributed by atoms with E-state index in [-0.39, 0.29) is 11.5 Å². The highest BCUT2D eigenvalue weighted by atomic mass is 35.5. The van der Waals surface area contributed by atoms with E-state index in [9.17, 15) is 0 Å². The molecule has 0 N–H and O–H groups in total. The van der Waals surface area contributed by atoms with Crippen molar-refractivity contribution in [3.63, 3.8) is 0 Å². The third-order valence-electron chi connectivity index (χ3n) is 2.94. The van der Waals surface area contributed by atoms with Crippen molar-refractivity contribution in [1.82, 2.24) is 0 Å². The summed E-state index contributed by atoms with van der Waals surface area (Å²) in [5, 5.41) is 0.00546. The van der Waals surface area contributed by atoms with E-state index in [4.69, 9.17) is 16.3 Å². The molecule has 1 fully saturated rings. The zero-order valence-corrected chi connectivity index (χ0v) is 9.83. The summed E-state index contributed by atoms with van der Waals surface area (Å²) in [6, 6.07) is 8.41. The lowest BCUT2D eigenvalue weighted by atomic mass is 10.00. The molecule has 0 bridgehead atoms. The van der Waals surface area contributed by atoms with Gasteiger partial charge in [0.25, 0.3) is 0 Å². The molecule has 2 heteroatoms. The van der Waals surface area contributed by atoms with Crippen molar-refractivity contribution in [1.29, 1.82) is 0 Å². The van der Waals surface area contributed by atoms with Gasteiger partial charge in [0.1, 0.15) is 0 Å². The Hall–Kier alpha value is -0.530. The average molecular weight is 225 g/mol. The Balaban J connectivity index is 2.05. The molecular weight excluding hydrogens is 208 g/mol. The molecule has 1 aromatic rings. The first-order valence-electron chi connectivity index (χ1n) is 5.59. The van der Waals surface area contributed by atoms with E-state index in [1.54, 1.807) is 0 Å². The van der Waals surface area contributed by atoms with Crippen LogP contribution in [0.5, 0.6) is 0 Å². The third-order valence-corrected chi connectivity index (χ3v) is 3.47. The van der Waals surface area contributed by atoms with E-state index in [1.807, 2.05) is 0 Å². The van der Waals surface area contributed by atoms with Crippen LogP contribution in [-0.2, 0) is 4.74 Å².